The van der Waals surface area contributed by atoms with Gasteiger partial charge in [0.1, 0.15) is 11.5 Å². The lowest BCUT2D eigenvalue weighted by molar-refractivity contribution is 0.0997. The number of benzene rings is 3. The van der Waals surface area contributed by atoms with Crippen LogP contribution < -0.4 is 15.8 Å². The van der Waals surface area contributed by atoms with E-state index in [9.17, 15) is 9.59 Å². The van der Waals surface area contributed by atoms with Crippen LogP contribution in [0.4, 0.5) is 5.13 Å². The van der Waals surface area contributed by atoms with E-state index in [0.717, 1.165) is 15.8 Å². The summed E-state index contributed by atoms with van der Waals surface area (Å²) in [5, 5.41) is 3.40. The molecule has 6 nitrogen and oxygen atoms in total. The Morgan fingerprint density at radius 2 is 1.55 bits per heavy atom. The standard InChI is InChI=1S/C22H17N3O3S/c1-13-2-11-18-19(12-13)29-22(24-18)25-21(27)15-5-9-17(10-6-15)28-16-7-3-14(4-8-16)20(23)26/h2-12H,1H3,(H2,23,26)(H,24,25,27). The second-order valence-electron chi connectivity index (χ2n) is 6.46. The zero-order valence-corrected chi connectivity index (χ0v) is 16.3. The van der Waals surface area contributed by atoms with Crippen LogP contribution in [0, 0.1) is 6.92 Å². The molecule has 4 aromatic rings. The van der Waals surface area contributed by atoms with Crippen molar-refractivity contribution in [1.29, 1.82) is 0 Å². The fourth-order valence-electron chi connectivity index (χ4n) is 2.75. The van der Waals surface area contributed by atoms with E-state index in [1.807, 2.05) is 25.1 Å². The number of amides is 2. The number of fused-ring (bicyclic) bond motifs is 1. The molecule has 0 radical (unpaired) electrons. The summed E-state index contributed by atoms with van der Waals surface area (Å²) in [4.78, 5) is 28.0. The smallest absolute Gasteiger partial charge is 0.257 e. The van der Waals surface area contributed by atoms with Gasteiger partial charge in [0.2, 0.25) is 5.91 Å². The Kier molecular flexibility index (Phi) is 4.97. The maximum Gasteiger partial charge on any atom is 0.257 e. The van der Waals surface area contributed by atoms with Crippen molar-refractivity contribution >= 4 is 38.5 Å². The minimum absolute atomic E-state index is 0.238. The maximum atomic E-state index is 12.5. The molecule has 7 heteroatoms. The first-order chi connectivity index (χ1) is 14.0. The average molecular weight is 403 g/mol. The third-order valence-corrected chi connectivity index (χ3v) is 5.19. The van der Waals surface area contributed by atoms with E-state index in [-0.39, 0.29) is 5.91 Å². The van der Waals surface area contributed by atoms with Gasteiger partial charge in [-0.3, -0.25) is 14.9 Å². The summed E-state index contributed by atoms with van der Waals surface area (Å²) >= 11 is 1.44. The SMILES string of the molecule is Cc1ccc2nc(NC(=O)c3ccc(Oc4ccc(C(N)=O)cc4)cc3)sc2c1. The van der Waals surface area contributed by atoms with Crippen molar-refractivity contribution in [2.24, 2.45) is 5.73 Å². The number of carbonyl (C=O) groups is 2. The summed E-state index contributed by atoms with van der Waals surface area (Å²) in [5.74, 6) is 0.411. The highest BCUT2D eigenvalue weighted by molar-refractivity contribution is 7.22. The van der Waals surface area contributed by atoms with Gasteiger partial charge in [-0.05, 0) is 73.2 Å². The number of primary amides is 1. The first-order valence-electron chi connectivity index (χ1n) is 8.84. The predicted octanol–water partition coefficient (Wildman–Crippen LogP) is 4.75. The Labute approximate surface area is 171 Å². The van der Waals surface area contributed by atoms with E-state index in [4.69, 9.17) is 10.5 Å². The number of aromatic nitrogens is 1. The van der Waals surface area contributed by atoms with E-state index in [2.05, 4.69) is 10.3 Å². The number of aryl methyl sites for hydroxylation is 1. The molecule has 144 valence electrons. The Morgan fingerprint density at radius 3 is 2.17 bits per heavy atom. The fourth-order valence-corrected chi connectivity index (χ4v) is 3.71. The van der Waals surface area contributed by atoms with Crippen LogP contribution in [0.3, 0.4) is 0 Å². The van der Waals surface area contributed by atoms with Crippen molar-refractivity contribution < 1.29 is 14.3 Å². The largest absolute Gasteiger partial charge is 0.457 e. The Balaban J connectivity index is 1.43. The van der Waals surface area contributed by atoms with Gasteiger partial charge in [0.25, 0.3) is 5.91 Å². The normalized spacial score (nSPS) is 10.7. The number of rotatable bonds is 5. The van der Waals surface area contributed by atoms with Gasteiger partial charge in [-0.2, -0.15) is 0 Å². The molecule has 0 saturated heterocycles. The number of thiazole rings is 1. The molecular weight excluding hydrogens is 386 g/mol. The van der Waals surface area contributed by atoms with Gasteiger partial charge in [0.15, 0.2) is 5.13 Å². The topological polar surface area (TPSA) is 94.3 Å². The van der Waals surface area contributed by atoms with Crippen LogP contribution in [0.2, 0.25) is 0 Å². The average Bonchev–Trinajstić information content (AvgIpc) is 3.10. The minimum Gasteiger partial charge on any atom is -0.457 e. The third-order valence-electron chi connectivity index (χ3n) is 4.26. The summed E-state index contributed by atoms with van der Waals surface area (Å²) < 4.78 is 6.76. The molecule has 0 aliphatic rings. The van der Waals surface area contributed by atoms with Gasteiger partial charge in [-0.15, -0.1) is 0 Å². The second-order valence-corrected chi connectivity index (χ2v) is 7.49. The van der Waals surface area contributed by atoms with Crippen molar-refractivity contribution in [3.8, 4) is 11.5 Å². The highest BCUT2D eigenvalue weighted by atomic mass is 32.1. The number of carbonyl (C=O) groups excluding carboxylic acids is 2. The van der Waals surface area contributed by atoms with Crippen LogP contribution in [-0.2, 0) is 0 Å². The zero-order chi connectivity index (χ0) is 20.4. The van der Waals surface area contributed by atoms with Gasteiger partial charge in [0, 0.05) is 11.1 Å². The lowest BCUT2D eigenvalue weighted by Gasteiger charge is -2.07. The molecule has 0 unspecified atom stereocenters. The van der Waals surface area contributed by atoms with Crippen molar-refractivity contribution in [3.63, 3.8) is 0 Å². The van der Waals surface area contributed by atoms with Gasteiger partial charge >= 0.3 is 0 Å². The molecule has 0 atom stereocenters. The second kappa shape index (κ2) is 7.73. The van der Waals surface area contributed by atoms with Gasteiger partial charge < -0.3 is 10.5 Å². The molecule has 2 amide bonds. The summed E-state index contributed by atoms with van der Waals surface area (Å²) in [6, 6.07) is 19.3. The van der Waals surface area contributed by atoms with E-state index < -0.39 is 5.91 Å². The molecule has 3 aromatic carbocycles. The number of nitrogens with two attached hydrogens (primary N) is 1. The van der Waals surface area contributed by atoms with Crippen LogP contribution >= 0.6 is 11.3 Å². The summed E-state index contributed by atoms with van der Waals surface area (Å²) in [5.41, 5.74) is 8.15. The fraction of sp³-hybridized carbons (Fsp3) is 0.0455. The molecule has 4 rings (SSSR count). The Morgan fingerprint density at radius 1 is 0.931 bits per heavy atom. The summed E-state index contributed by atoms with van der Waals surface area (Å²) in [7, 11) is 0. The van der Waals surface area contributed by atoms with Crippen molar-refractivity contribution in [3.05, 3.63) is 83.4 Å². The van der Waals surface area contributed by atoms with Gasteiger partial charge in [-0.25, -0.2) is 4.98 Å². The van der Waals surface area contributed by atoms with Gasteiger partial charge in [0.05, 0.1) is 10.2 Å². The van der Waals surface area contributed by atoms with E-state index in [0.29, 0.717) is 27.8 Å². The number of anilines is 1. The lowest BCUT2D eigenvalue weighted by Crippen LogP contribution is -2.11. The highest BCUT2D eigenvalue weighted by Gasteiger charge is 2.10. The Bertz CT molecular complexity index is 1200. The van der Waals surface area contributed by atoms with Crippen LogP contribution in [0.5, 0.6) is 11.5 Å². The van der Waals surface area contributed by atoms with Crippen LogP contribution in [-0.4, -0.2) is 16.8 Å². The number of hydrogen-bond donors (Lipinski definition) is 2. The quantitative estimate of drug-likeness (QED) is 0.503. The highest BCUT2D eigenvalue weighted by Crippen LogP contribution is 2.27. The van der Waals surface area contributed by atoms with Crippen molar-refractivity contribution in [2.75, 3.05) is 5.32 Å². The molecule has 29 heavy (non-hydrogen) atoms. The van der Waals surface area contributed by atoms with Crippen LogP contribution in [0.25, 0.3) is 10.2 Å². The molecule has 1 aromatic heterocycles. The number of nitrogens with one attached hydrogen (secondary N) is 1. The zero-order valence-electron chi connectivity index (χ0n) is 15.5. The summed E-state index contributed by atoms with van der Waals surface area (Å²) in [6.45, 7) is 2.02. The van der Waals surface area contributed by atoms with E-state index in [1.165, 1.54) is 11.3 Å². The molecular formula is C22H17N3O3S. The Hall–Kier alpha value is -3.71. The molecule has 1 heterocycles. The van der Waals surface area contributed by atoms with Gasteiger partial charge in [-0.1, -0.05) is 17.4 Å². The maximum absolute atomic E-state index is 12.5. The molecule has 0 aliphatic carbocycles. The number of nitrogens with zero attached hydrogens (tertiary/aromatic N) is 1. The first-order valence-corrected chi connectivity index (χ1v) is 9.66. The molecule has 0 spiro atoms. The molecule has 0 saturated carbocycles. The number of ether oxygens (including phenoxy) is 1. The van der Waals surface area contributed by atoms with Crippen molar-refractivity contribution in [2.45, 2.75) is 6.92 Å². The van der Waals surface area contributed by atoms with Crippen LogP contribution in [0.15, 0.2) is 66.7 Å². The molecule has 0 bridgehead atoms. The van der Waals surface area contributed by atoms with Crippen molar-refractivity contribution in [1.82, 2.24) is 4.98 Å². The molecule has 0 fully saturated rings. The van der Waals surface area contributed by atoms with Crippen LogP contribution in [0.1, 0.15) is 26.3 Å². The van der Waals surface area contributed by atoms with E-state index >= 15 is 0 Å². The molecule has 3 N–H and O–H groups in total. The first kappa shape index (κ1) is 18.6. The lowest BCUT2D eigenvalue weighted by atomic mass is 10.2. The monoisotopic (exact) mass is 403 g/mol. The van der Waals surface area contributed by atoms with E-state index in [1.54, 1.807) is 48.5 Å². The third kappa shape index (κ3) is 4.25. The summed E-state index contributed by atoms with van der Waals surface area (Å²) in [6.07, 6.45) is 0. The minimum atomic E-state index is -0.491. The predicted molar refractivity (Wildman–Crippen MR) is 114 cm³/mol. The number of hydrogen-bond acceptors (Lipinski definition) is 5. The molecule has 0 aliphatic heterocycles.